The standard InChI is InChI=1S/C30H48O5/c1-21(9-7-15-29(3,4)34-20-33-6)27-13-14-28-24(10-8-16-30(27,28)5)12-11-23-17-25(32)19-26(18-23)35-22(2)31/h7,9,11-12,21,25-28,32H,8,10,13-20H2,1-6H3/b9-7+,23-11+,24-12+/t21-,25-,26-,27-,28+,30-/m1/s1. The van der Waals surface area contributed by atoms with E-state index >= 15 is 0 Å². The zero-order valence-corrected chi connectivity index (χ0v) is 22.8. The smallest absolute Gasteiger partial charge is 0.302 e. The van der Waals surface area contributed by atoms with Gasteiger partial charge < -0.3 is 19.3 Å². The molecule has 0 radical (unpaired) electrons. The SMILES string of the molecule is COCOC(C)(C)C/C=C/[C@@H](C)[C@H]1CC[C@H]2/C(=C/C=C3\C[C@@H](O)C[C@H](OC(C)=O)C3)CCC[C@]12C. The van der Waals surface area contributed by atoms with Crippen LogP contribution in [-0.2, 0) is 19.0 Å². The zero-order chi connectivity index (χ0) is 25.6. The van der Waals surface area contributed by atoms with Crippen molar-refractivity contribution < 1.29 is 24.1 Å². The van der Waals surface area contributed by atoms with Crippen LogP contribution in [0.5, 0.6) is 0 Å². The highest BCUT2D eigenvalue weighted by Crippen LogP contribution is 2.59. The third kappa shape index (κ3) is 7.53. The second-order valence-corrected chi connectivity index (χ2v) is 12.0. The number of fused-ring (bicyclic) bond motifs is 1. The van der Waals surface area contributed by atoms with E-state index in [0.717, 1.165) is 12.8 Å². The van der Waals surface area contributed by atoms with E-state index < -0.39 is 6.10 Å². The molecular formula is C30H48O5. The van der Waals surface area contributed by atoms with Gasteiger partial charge in [-0.15, -0.1) is 0 Å². The molecule has 6 atom stereocenters. The van der Waals surface area contributed by atoms with Crippen molar-refractivity contribution in [2.75, 3.05) is 13.9 Å². The lowest BCUT2D eigenvalue weighted by atomic mass is 9.61. The van der Waals surface area contributed by atoms with E-state index in [1.807, 2.05) is 0 Å². The first-order chi connectivity index (χ1) is 16.5. The molecule has 0 spiro atoms. The number of methoxy groups -OCH3 is 1. The Morgan fingerprint density at radius 1 is 1.26 bits per heavy atom. The summed E-state index contributed by atoms with van der Waals surface area (Å²) in [7, 11) is 1.66. The van der Waals surface area contributed by atoms with Crippen LogP contribution >= 0.6 is 0 Å². The van der Waals surface area contributed by atoms with Crippen LogP contribution in [0.1, 0.15) is 92.4 Å². The molecule has 0 aromatic rings. The van der Waals surface area contributed by atoms with E-state index in [-0.39, 0.29) is 17.7 Å². The lowest BCUT2D eigenvalue weighted by Gasteiger charge is -2.44. The number of esters is 1. The molecule has 5 nitrogen and oxygen atoms in total. The van der Waals surface area contributed by atoms with Crippen molar-refractivity contribution in [2.24, 2.45) is 23.2 Å². The molecule has 0 heterocycles. The predicted octanol–water partition coefficient (Wildman–Crippen LogP) is 6.51. The molecule has 5 heteroatoms. The number of aliphatic hydroxyl groups is 1. The predicted molar refractivity (Wildman–Crippen MR) is 140 cm³/mol. The van der Waals surface area contributed by atoms with Gasteiger partial charge in [-0.1, -0.05) is 49.3 Å². The number of aliphatic hydroxyl groups excluding tert-OH is 1. The van der Waals surface area contributed by atoms with Crippen LogP contribution in [-0.4, -0.2) is 42.8 Å². The van der Waals surface area contributed by atoms with E-state index in [1.165, 1.54) is 44.6 Å². The molecule has 3 saturated carbocycles. The second kappa shape index (κ2) is 12.2. The van der Waals surface area contributed by atoms with Gasteiger partial charge in [0.2, 0.25) is 0 Å². The monoisotopic (exact) mass is 488 g/mol. The maximum absolute atomic E-state index is 11.4. The molecule has 1 N–H and O–H groups in total. The number of ether oxygens (including phenoxy) is 3. The fourth-order valence-corrected chi connectivity index (χ4v) is 6.96. The molecule has 3 aliphatic rings. The van der Waals surface area contributed by atoms with Crippen molar-refractivity contribution in [3.8, 4) is 0 Å². The lowest BCUT2D eigenvalue weighted by molar-refractivity contribution is -0.148. The van der Waals surface area contributed by atoms with E-state index in [2.05, 4.69) is 52.0 Å². The number of allylic oxidation sites excluding steroid dienone is 4. The van der Waals surface area contributed by atoms with Crippen LogP contribution in [0.3, 0.4) is 0 Å². The molecule has 0 unspecified atom stereocenters. The Labute approximate surface area is 213 Å². The van der Waals surface area contributed by atoms with Crippen molar-refractivity contribution >= 4 is 5.97 Å². The molecule has 0 aromatic carbocycles. The van der Waals surface area contributed by atoms with Gasteiger partial charge in [-0.3, -0.25) is 4.79 Å². The maximum Gasteiger partial charge on any atom is 0.302 e. The Morgan fingerprint density at radius 3 is 2.74 bits per heavy atom. The first kappa shape index (κ1) is 28.1. The number of carbonyl (C=O) groups excluding carboxylic acids is 1. The number of hydrogen-bond donors (Lipinski definition) is 1. The lowest BCUT2D eigenvalue weighted by Crippen LogP contribution is -2.35. The van der Waals surface area contributed by atoms with Crippen LogP contribution in [0, 0.1) is 23.2 Å². The van der Waals surface area contributed by atoms with Gasteiger partial charge in [0.1, 0.15) is 12.9 Å². The van der Waals surface area contributed by atoms with Gasteiger partial charge in [0.25, 0.3) is 0 Å². The van der Waals surface area contributed by atoms with Crippen molar-refractivity contribution in [3.63, 3.8) is 0 Å². The minimum absolute atomic E-state index is 0.203. The molecule has 35 heavy (non-hydrogen) atoms. The average Bonchev–Trinajstić information content (AvgIpc) is 3.13. The fourth-order valence-electron chi connectivity index (χ4n) is 6.96. The molecule has 0 aromatic heterocycles. The van der Waals surface area contributed by atoms with Gasteiger partial charge in [0, 0.05) is 26.9 Å². The van der Waals surface area contributed by atoms with Crippen LogP contribution < -0.4 is 0 Å². The largest absolute Gasteiger partial charge is 0.462 e. The van der Waals surface area contributed by atoms with Gasteiger partial charge in [-0.2, -0.15) is 0 Å². The summed E-state index contributed by atoms with van der Waals surface area (Å²) in [5.41, 5.74) is 2.88. The van der Waals surface area contributed by atoms with Gasteiger partial charge in [0.05, 0.1) is 11.7 Å². The minimum Gasteiger partial charge on any atom is -0.462 e. The topological polar surface area (TPSA) is 65.0 Å². The number of carbonyl (C=O) groups is 1. The Hall–Kier alpha value is -1.43. The highest BCUT2D eigenvalue weighted by molar-refractivity contribution is 5.66. The summed E-state index contributed by atoms with van der Waals surface area (Å²) in [4.78, 5) is 11.4. The van der Waals surface area contributed by atoms with Crippen LogP contribution in [0.25, 0.3) is 0 Å². The number of rotatable bonds is 9. The van der Waals surface area contributed by atoms with Crippen LogP contribution in [0.4, 0.5) is 0 Å². The summed E-state index contributed by atoms with van der Waals surface area (Å²) in [6.07, 6.45) is 17.7. The molecule has 0 amide bonds. The molecule has 198 valence electrons. The Morgan fingerprint density at radius 2 is 2.03 bits per heavy atom. The van der Waals surface area contributed by atoms with Gasteiger partial charge >= 0.3 is 5.97 Å². The van der Waals surface area contributed by atoms with Crippen LogP contribution in [0.2, 0.25) is 0 Å². The quantitative estimate of drug-likeness (QED) is 0.228. The van der Waals surface area contributed by atoms with Crippen molar-refractivity contribution in [3.05, 3.63) is 35.5 Å². The Bertz CT molecular complexity index is 810. The summed E-state index contributed by atoms with van der Waals surface area (Å²) in [5, 5.41) is 10.3. The zero-order valence-electron chi connectivity index (χ0n) is 22.8. The van der Waals surface area contributed by atoms with Crippen molar-refractivity contribution in [1.29, 1.82) is 0 Å². The minimum atomic E-state index is -0.428. The molecule has 3 rings (SSSR count). The summed E-state index contributed by atoms with van der Waals surface area (Å²) in [6, 6.07) is 0. The van der Waals surface area contributed by atoms with Gasteiger partial charge in [0.15, 0.2) is 0 Å². The first-order valence-corrected chi connectivity index (χ1v) is 13.6. The number of hydrogen-bond acceptors (Lipinski definition) is 5. The van der Waals surface area contributed by atoms with E-state index in [9.17, 15) is 9.90 Å². The summed E-state index contributed by atoms with van der Waals surface area (Å²) in [5.74, 6) is 1.59. The Balaban J connectivity index is 1.66. The van der Waals surface area contributed by atoms with E-state index in [1.54, 1.807) is 12.7 Å². The molecule has 0 aliphatic heterocycles. The molecule has 3 aliphatic carbocycles. The highest BCUT2D eigenvalue weighted by atomic mass is 16.7. The molecule has 0 saturated heterocycles. The Kier molecular flexibility index (Phi) is 9.82. The van der Waals surface area contributed by atoms with Crippen molar-refractivity contribution in [2.45, 2.75) is 110 Å². The second-order valence-electron chi connectivity index (χ2n) is 12.0. The molecule has 0 bridgehead atoms. The third-order valence-corrected chi connectivity index (χ3v) is 8.68. The molecular weight excluding hydrogens is 440 g/mol. The first-order valence-electron chi connectivity index (χ1n) is 13.6. The van der Waals surface area contributed by atoms with Gasteiger partial charge in [-0.05, 0) is 82.0 Å². The van der Waals surface area contributed by atoms with E-state index in [0.29, 0.717) is 42.8 Å². The summed E-state index contributed by atoms with van der Waals surface area (Å²) in [6.45, 7) is 10.9. The molecule has 3 fully saturated rings. The normalized spacial score (nSPS) is 34.9. The average molecular weight is 489 g/mol. The third-order valence-electron chi connectivity index (χ3n) is 8.68. The highest BCUT2D eigenvalue weighted by Gasteiger charge is 2.50. The summed E-state index contributed by atoms with van der Waals surface area (Å²) < 4.78 is 16.3. The summed E-state index contributed by atoms with van der Waals surface area (Å²) >= 11 is 0. The van der Waals surface area contributed by atoms with Crippen molar-refractivity contribution in [1.82, 2.24) is 0 Å². The fraction of sp³-hybridized carbons (Fsp3) is 0.767. The van der Waals surface area contributed by atoms with Crippen LogP contribution in [0.15, 0.2) is 35.5 Å². The van der Waals surface area contributed by atoms with Gasteiger partial charge in [-0.25, -0.2) is 0 Å². The maximum atomic E-state index is 11.4. The van der Waals surface area contributed by atoms with E-state index in [4.69, 9.17) is 14.2 Å².